The summed E-state index contributed by atoms with van der Waals surface area (Å²) in [5.74, 6) is -3.07. The number of rotatable bonds is 22. The van der Waals surface area contributed by atoms with Crippen LogP contribution in [0.4, 0.5) is 5.69 Å². The number of carboxylic acids is 1. The minimum atomic E-state index is -1.15. The normalized spacial score (nSPS) is 20.7. The molecule has 384 valence electrons. The number of benzene rings is 3. The number of carbonyl (C=O) groups is 7. The molecule has 2 saturated heterocycles. The molecule has 2 fully saturated rings. The van der Waals surface area contributed by atoms with E-state index in [4.69, 9.17) is 28.4 Å². The van der Waals surface area contributed by atoms with E-state index in [9.17, 15) is 38.7 Å². The van der Waals surface area contributed by atoms with Gasteiger partial charge in [-0.15, -0.1) is 0 Å². The Hall–Kier alpha value is -7.57. The van der Waals surface area contributed by atoms with Gasteiger partial charge in [0.15, 0.2) is 29.6 Å². The number of hydrogen-bond acceptors (Lipinski definition) is 14. The van der Waals surface area contributed by atoms with Gasteiger partial charge < -0.3 is 49.1 Å². The van der Waals surface area contributed by atoms with E-state index in [1.54, 1.807) is 43.4 Å². The largest absolute Gasteiger partial charge is 0.497 e. The van der Waals surface area contributed by atoms with Crippen molar-refractivity contribution in [2.45, 2.75) is 70.4 Å². The number of carboxylic acid groups (broad SMARTS) is 1. The number of imide groups is 2. The minimum absolute atomic E-state index is 0.00300. The number of amides is 6. The van der Waals surface area contributed by atoms with E-state index in [0.717, 1.165) is 16.0 Å². The number of hydrogen-bond donors (Lipinski definition) is 4. The first kappa shape index (κ1) is 52.3. The standard InChI is InChI=1S/C53H63N5O14/c1-7-34(33-27-42(69-4)48(71-6)43(28-33)70-5)50(62)57-23-11-14-35(47(57)53(65)66)32(24-30-17-19-40(67-2)41(25-30)68-3)26-31-12-8-9-16-39(31)72-29-45(60)55-22-21-54-37-15-10-13-36-46(37)52(64)58(51(36)63)38-18-20-44(59)56-49(38)61/h8-10,12-13,15-17,19,25,27,32-35,38,47,54H,7,11,14,18,20-24,26,28-29H2,1-6H3,(H,55,60)(H,65,66)(H,56,59,61)/t32?,33?,34-,35?,38?,47+/m0/s1. The molecule has 0 spiro atoms. The molecule has 4 aliphatic rings. The lowest BCUT2D eigenvalue weighted by atomic mass is 9.73. The maximum absolute atomic E-state index is 14.8. The fourth-order valence-corrected chi connectivity index (χ4v) is 10.6. The second-order valence-electron chi connectivity index (χ2n) is 18.1. The number of methoxy groups -OCH3 is 5. The summed E-state index contributed by atoms with van der Waals surface area (Å²) in [6.07, 6.45) is 4.59. The van der Waals surface area contributed by atoms with Crippen LogP contribution in [-0.4, -0.2) is 130 Å². The average molecular weight is 994 g/mol. The molecule has 0 saturated carbocycles. The van der Waals surface area contributed by atoms with Gasteiger partial charge in [0.1, 0.15) is 23.6 Å². The molecule has 3 heterocycles. The van der Waals surface area contributed by atoms with Crippen molar-refractivity contribution >= 4 is 47.1 Å². The zero-order valence-electron chi connectivity index (χ0n) is 41.4. The molecule has 0 bridgehead atoms. The summed E-state index contributed by atoms with van der Waals surface area (Å²) >= 11 is 0. The monoisotopic (exact) mass is 993 g/mol. The van der Waals surface area contributed by atoms with Gasteiger partial charge in [-0.2, -0.15) is 0 Å². The highest BCUT2D eigenvalue weighted by Gasteiger charge is 2.47. The average Bonchev–Trinajstić information content (AvgIpc) is 3.64. The quantitative estimate of drug-likeness (QED) is 0.0775. The van der Waals surface area contributed by atoms with Gasteiger partial charge in [-0.05, 0) is 104 Å². The predicted octanol–water partition coefficient (Wildman–Crippen LogP) is 4.89. The van der Waals surface area contributed by atoms with Crippen LogP contribution in [0.3, 0.4) is 0 Å². The minimum Gasteiger partial charge on any atom is -0.497 e. The van der Waals surface area contributed by atoms with Gasteiger partial charge in [0, 0.05) is 44.1 Å². The maximum atomic E-state index is 14.8. The summed E-state index contributed by atoms with van der Waals surface area (Å²) in [6.45, 7) is 2.14. The number of aliphatic carboxylic acids is 1. The van der Waals surface area contributed by atoms with Crippen LogP contribution in [0, 0.1) is 23.7 Å². The van der Waals surface area contributed by atoms with E-state index in [2.05, 4.69) is 16.0 Å². The second kappa shape index (κ2) is 23.6. The summed E-state index contributed by atoms with van der Waals surface area (Å²) in [5.41, 5.74) is 2.20. The fourth-order valence-electron chi connectivity index (χ4n) is 10.6. The number of para-hydroxylation sites is 1. The lowest BCUT2D eigenvalue weighted by Crippen LogP contribution is -2.56. The van der Waals surface area contributed by atoms with E-state index >= 15 is 0 Å². The van der Waals surface area contributed by atoms with Crippen LogP contribution < -0.4 is 30.2 Å². The van der Waals surface area contributed by atoms with Gasteiger partial charge in [-0.3, -0.25) is 39.0 Å². The molecule has 3 aromatic rings. The van der Waals surface area contributed by atoms with E-state index in [-0.39, 0.29) is 68.0 Å². The van der Waals surface area contributed by atoms with Crippen molar-refractivity contribution in [3.63, 3.8) is 0 Å². The van der Waals surface area contributed by atoms with E-state index in [0.29, 0.717) is 78.7 Å². The molecule has 19 nitrogen and oxygen atoms in total. The Balaban J connectivity index is 1.05. The predicted molar refractivity (Wildman–Crippen MR) is 261 cm³/mol. The number of nitrogens with one attached hydrogen (secondary N) is 3. The molecule has 3 aliphatic heterocycles. The highest BCUT2D eigenvalue weighted by atomic mass is 16.5. The Kier molecular flexibility index (Phi) is 17.1. The first-order valence-electron chi connectivity index (χ1n) is 24.1. The van der Waals surface area contributed by atoms with E-state index in [1.807, 2.05) is 43.3 Å². The molecular weight excluding hydrogens is 931 g/mol. The van der Waals surface area contributed by atoms with Crippen molar-refractivity contribution in [1.82, 2.24) is 20.4 Å². The Morgan fingerprint density at radius 2 is 1.61 bits per heavy atom. The topological polar surface area (TPSA) is 238 Å². The molecule has 4 unspecified atom stereocenters. The van der Waals surface area contributed by atoms with Gasteiger partial charge in [-0.25, -0.2) is 4.79 Å². The molecular formula is C53H63N5O14. The smallest absolute Gasteiger partial charge is 0.326 e. The zero-order chi connectivity index (χ0) is 51.6. The lowest BCUT2D eigenvalue weighted by Gasteiger charge is -2.44. The summed E-state index contributed by atoms with van der Waals surface area (Å²) < 4.78 is 34.2. The van der Waals surface area contributed by atoms with Crippen LogP contribution in [0.15, 0.2) is 84.0 Å². The zero-order valence-corrected chi connectivity index (χ0v) is 41.4. The van der Waals surface area contributed by atoms with Gasteiger partial charge in [0.05, 0.1) is 46.7 Å². The number of allylic oxidation sites excluding steroid dienone is 2. The summed E-state index contributed by atoms with van der Waals surface area (Å²) in [7, 11) is 7.68. The molecule has 4 N–H and O–H groups in total. The van der Waals surface area contributed by atoms with Crippen LogP contribution in [0.25, 0.3) is 0 Å². The first-order chi connectivity index (χ1) is 34.8. The van der Waals surface area contributed by atoms with Gasteiger partial charge in [0.25, 0.3) is 17.7 Å². The van der Waals surface area contributed by atoms with Crippen LogP contribution in [-0.2, 0) is 51.0 Å². The summed E-state index contributed by atoms with van der Waals surface area (Å²) in [6, 6.07) is 15.4. The second-order valence-corrected chi connectivity index (χ2v) is 18.1. The number of anilines is 1. The number of piperidine rings is 2. The summed E-state index contributed by atoms with van der Waals surface area (Å²) in [5, 5.41) is 19.2. The number of likely N-dealkylation sites (tertiary alicyclic amines) is 1. The first-order valence-corrected chi connectivity index (χ1v) is 24.1. The number of nitrogens with zero attached hydrogens (tertiary/aromatic N) is 2. The van der Waals surface area contributed by atoms with Crippen LogP contribution in [0.2, 0.25) is 0 Å². The SMILES string of the molecule is CC[C@H](C(=O)N1CCCC(C(Cc2ccc(OC)c(OC)c2)Cc2ccccc2OCC(=O)NCCNc2cccc3c2C(=O)N(C2CCC(=O)NC2=O)C3=O)[C@@H]1C(=O)O)C1C=C(OC)C(OC)=C(OC)C1. The van der Waals surface area contributed by atoms with Gasteiger partial charge in [-0.1, -0.05) is 37.3 Å². The van der Waals surface area contributed by atoms with Crippen molar-refractivity contribution in [3.05, 3.63) is 106 Å². The van der Waals surface area contributed by atoms with Gasteiger partial charge >= 0.3 is 5.97 Å². The molecule has 7 rings (SSSR count). The highest BCUT2D eigenvalue weighted by molar-refractivity contribution is 6.25. The molecule has 3 aromatic carbocycles. The van der Waals surface area contributed by atoms with Crippen molar-refractivity contribution in [2.24, 2.45) is 23.7 Å². The third-order valence-electron chi connectivity index (χ3n) is 14.0. The third-order valence-corrected chi connectivity index (χ3v) is 14.0. The van der Waals surface area contributed by atoms with E-state index in [1.165, 1.54) is 27.4 Å². The van der Waals surface area contributed by atoms with Crippen LogP contribution in [0.1, 0.15) is 77.3 Å². The van der Waals surface area contributed by atoms with Crippen LogP contribution >= 0.6 is 0 Å². The Bertz CT molecular complexity index is 2630. The Morgan fingerprint density at radius 1 is 0.833 bits per heavy atom. The number of fused-ring (bicyclic) bond motifs is 1. The van der Waals surface area contributed by atoms with E-state index < -0.39 is 59.4 Å². The van der Waals surface area contributed by atoms with Crippen molar-refractivity contribution < 1.29 is 67.1 Å². The highest BCUT2D eigenvalue weighted by Crippen LogP contribution is 2.41. The molecule has 19 heteroatoms. The number of ether oxygens (including phenoxy) is 6. The van der Waals surface area contributed by atoms with Crippen molar-refractivity contribution in [2.75, 3.05) is 67.1 Å². The van der Waals surface area contributed by atoms with Crippen molar-refractivity contribution in [1.29, 1.82) is 0 Å². The molecule has 6 amide bonds. The number of carbonyl (C=O) groups excluding carboxylic acids is 6. The maximum Gasteiger partial charge on any atom is 0.326 e. The lowest BCUT2D eigenvalue weighted by molar-refractivity contribution is -0.159. The third kappa shape index (κ3) is 11.1. The fraction of sp³-hybridized carbons (Fsp3) is 0.453. The molecule has 0 radical (unpaired) electrons. The van der Waals surface area contributed by atoms with Gasteiger partial charge in [0.2, 0.25) is 17.7 Å². The Morgan fingerprint density at radius 3 is 2.31 bits per heavy atom. The molecule has 0 aromatic heterocycles. The Labute approximate surface area is 418 Å². The summed E-state index contributed by atoms with van der Waals surface area (Å²) in [4.78, 5) is 95.2. The molecule has 6 atom stereocenters. The molecule has 72 heavy (non-hydrogen) atoms. The van der Waals surface area contributed by atoms with Crippen molar-refractivity contribution in [3.8, 4) is 17.2 Å². The van der Waals surface area contributed by atoms with Crippen LogP contribution in [0.5, 0.6) is 17.2 Å². The molecule has 1 aliphatic carbocycles.